The molecule has 2 nitrogen and oxygen atoms in total. The fourth-order valence-corrected chi connectivity index (χ4v) is 3.12. The second-order valence-corrected chi connectivity index (χ2v) is 5.06. The number of hydrogen-bond donors (Lipinski definition) is 1. The summed E-state index contributed by atoms with van der Waals surface area (Å²) in [6.45, 7) is 0. The molecule has 1 N–H and O–H groups in total. The van der Waals surface area contributed by atoms with Crippen molar-refractivity contribution in [3.05, 3.63) is 71.4 Å². The van der Waals surface area contributed by atoms with Gasteiger partial charge in [-0.05, 0) is 17.2 Å². The quantitative estimate of drug-likeness (QED) is 0.695. The maximum absolute atomic E-state index is 12.1. The first kappa shape index (κ1) is 10.6. The molecule has 0 bridgehead atoms. The van der Waals surface area contributed by atoms with E-state index in [4.69, 9.17) is 0 Å². The van der Waals surface area contributed by atoms with E-state index in [1.165, 1.54) is 10.9 Å². The van der Waals surface area contributed by atoms with Crippen LogP contribution in [0.25, 0.3) is 10.9 Å². The molecule has 0 amide bonds. The van der Waals surface area contributed by atoms with E-state index in [0.29, 0.717) is 6.42 Å². The highest BCUT2D eigenvalue weighted by molar-refractivity contribution is 6.02. The van der Waals surface area contributed by atoms with Gasteiger partial charge in [-0.2, -0.15) is 0 Å². The molecule has 3 aromatic rings. The minimum atomic E-state index is 0.194. The summed E-state index contributed by atoms with van der Waals surface area (Å²) in [5.74, 6) is 0.450. The minimum absolute atomic E-state index is 0.194. The molecular weight excluding hydrogens is 234 g/mol. The summed E-state index contributed by atoms with van der Waals surface area (Å²) in [6, 6.07) is 16.2. The Morgan fingerprint density at radius 1 is 0.947 bits per heavy atom. The smallest absolute Gasteiger partial charge is 0.164 e. The molecule has 0 unspecified atom stereocenters. The van der Waals surface area contributed by atoms with Crippen LogP contribution >= 0.6 is 0 Å². The molecule has 1 heterocycles. The van der Waals surface area contributed by atoms with Gasteiger partial charge in [0.2, 0.25) is 0 Å². The van der Waals surface area contributed by atoms with Crippen molar-refractivity contribution in [2.45, 2.75) is 12.3 Å². The van der Waals surface area contributed by atoms with Crippen molar-refractivity contribution < 1.29 is 4.79 Å². The van der Waals surface area contributed by atoms with Crippen LogP contribution in [0.4, 0.5) is 0 Å². The molecule has 19 heavy (non-hydrogen) atoms. The molecule has 92 valence electrons. The molecule has 0 spiro atoms. The van der Waals surface area contributed by atoms with Crippen LogP contribution in [0.15, 0.2) is 54.7 Å². The maximum atomic E-state index is 12.1. The molecule has 2 aromatic carbocycles. The lowest BCUT2D eigenvalue weighted by Crippen LogP contribution is -1.95. The van der Waals surface area contributed by atoms with E-state index in [2.05, 4.69) is 23.2 Å². The predicted molar refractivity (Wildman–Crippen MR) is 75.5 cm³/mol. The topological polar surface area (TPSA) is 32.9 Å². The number of carbonyl (C=O) groups excluding carboxylic acids is 1. The first-order chi connectivity index (χ1) is 9.34. The van der Waals surface area contributed by atoms with E-state index < -0.39 is 0 Å². The summed E-state index contributed by atoms with van der Waals surface area (Å²) < 4.78 is 0. The molecule has 0 fully saturated rings. The Morgan fingerprint density at radius 3 is 2.68 bits per heavy atom. The monoisotopic (exact) mass is 247 g/mol. The fourth-order valence-electron chi connectivity index (χ4n) is 3.12. The van der Waals surface area contributed by atoms with Crippen molar-refractivity contribution in [2.24, 2.45) is 0 Å². The highest BCUT2D eigenvalue weighted by Gasteiger charge is 2.31. The molecule has 1 aromatic heterocycles. The number of nitrogens with one attached hydrogen (secondary N) is 1. The van der Waals surface area contributed by atoms with Crippen molar-refractivity contribution in [3.8, 4) is 0 Å². The van der Waals surface area contributed by atoms with Gasteiger partial charge in [-0.1, -0.05) is 42.5 Å². The lowest BCUT2D eigenvalue weighted by atomic mass is 9.93. The van der Waals surface area contributed by atoms with Crippen molar-refractivity contribution in [3.63, 3.8) is 0 Å². The molecule has 1 aliphatic carbocycles. The first-order valence-corrected chi connectivity index (χ1v) is 6.53. The number of aromatic amines is 1. The Kier molecular flexibility index (Phi) is 2.12. The number of aromatic nitrogens is 1. The Bertz CT molecular complexity index is 785. The Morgan fingerprint density at radius 2 is 1.74 bits per heavy atom. The molecule has 0 radical (unpaired) electrons. The normalized spacial score (nSPS) is 17.9. The summed E-state index contributed by atoms with van der Waals surface area (Å²) in [4.78, 5) is 15.4. The zero-order valence-electron chi connectivity index (χ0n) is 10.4. The van der Waals surface area contributed by atoms with Crippen LogP contribution in [0, 0.1) is 0 Å². The van der Waals surface area contributed by atoms with E-state index in [9.17, 15) is 4.79 Å². The number of rotatable bonds is 1. The number of H-pyrrole nitrogens is 1. The SMILES string of the molecule is O=C1C[C@@H](c2c[nH]c3ccccc23)c2ccccc21. The highest BCUT2D eigenvalue weighted by atomic mass is 16.1. The Hall–Kier alpha value is -2.35. The van der Waals surface area contributed by atoms with Crippen LogP contribution in [0.5, 0.6) is 0 Å². The van der Waals surface area contributed by atoms with Crippen LogP contribution < -0.4 is 0 Å². The average molecular weight is 247 g/mol. The van der Waals surface area contributed by atoms with E-state index in [0.717, 1.165) is 16.6 Å². The molecule has 2 heteroatoms. The van der Waals surface area contributed by atoms with Gasteiger partial charge in [0.1, 0.15) is 0 Å². The third-order valence-electron chi connectivity index (χ3n) is 4.02. The lowest BCUT2D eigenvalue weighted by molar-refractivity contribution is 0.0991. The summed E-state index contributed by atoms with van der Waals surface area (Å²) in [7, 11) is 0. The van der Waals surface area contributed by atoms with Gasteiger partial charge in [0, 0.05) is 35.0 Å². The van der Waals surface area contributed by atoms with E-state index in [1.54, 1.807) is 0 Å². The van der Waals surface area contributed by atoms with E-state index in [1.807, 2.05) is 36.5 Å². The highest BCUT2D eigenvalue weighted by Crippen LogP contribution is 2.40. The molecule has 1 atom stereocenters. The zero-order valence-corrected chi connectivity index (χ0v) is 10.4. The van der Waals surface area contributed by atoms with E-state index >= 15 is 0 Å². The van der Waals surface area contributed by atoms with Gasteiger partial charge in [0.05, 0.1) is 0 Å². The van der Waals surface area contributed by atoms with Gasteiger partial charge in [-0.3, -0.25) is 4.79 Å². The number of fused-ring (bicyclic) bond motifs is 2. The largest absolute Gasteiger partial charge is 0.361 e. The van der Waals surface area contributed by atoms with Crippen LogP contribution in [-0.2, 0) is 0 Å². The predicted octanol–water partition coefficient (Wildman–Crippen LogP) is 3.89. The molecule has 0 saturated heterocycles. The lowest BCUT2D eigenvalue weighted by Gasteiger charge is -2.09. The number of ketones is 1. The van der Waals surface area contributed by atoms with Crippen molar-refractivity contribution in [2.75, 3.05) is 0 Å². The van der Waals surface area contributed by atoms with Gasteiger partial charge in [0.15, 0.2) is 5.78 Å². The number of Topliss-reactive ketones (excluding diaryl/α,β-unsaturated/α-hetero) is 1. The third kappa shape index (κ3) is 1.46. The molecule has 0 saturated carbocycles. The Balaban J connectivity index is 1.93. The number of hydrogen-bond acceptors (Lipinski definition) is 1. The Labute approximate surface area is 111 Å². The molecule has 4 rings (SSSR count). The summed E-state index contributed by atoms with van der Waals surface area (Å²) in [5, 5.41) is 1.22. The third-order valence-corrected chi connectivity index (χ3v) is 4.02. The van der Waals surface area contributed by atoms with Crippen LogP contribution in [-0.4, -0.2) is 10.8 Å². The molecule has 0 aliphatic heterocycles. The van der Waals surface area contributed by atoms with Gasteiger partial charge in [-0.15, -0.1) is 0 Å². The van der Waals surface area contributed by atoms with E-state index in [-0.39, 0.29) is 11.7 Å². The standard InChI is InChI=1S/C17H13NO/c19-17-9-14(11-5-1-2-7-13(11)17)15-10-18-16-8-4-3-6-12(15)16/h1-8,10,14,18H,9H2/t14-/m1/s1. The average Bonchev–Trinajstić information content (AvgIpc) is 3.01. The molecular formula is C17H13NO. The van der Waals surface area contributed by atoms with Crippen molar-refractivity contribution in [1.29, 1.82) is 0 Å². The van der Waals surface area contributed by atoms with Crippen molar-refractivity contribution in [1.82, 2.24) is 4.98 Å². The number of carbonyl (C=O) groups is 1. The number of benzene rings is 2. The summed E-state index contributed by atoms with van der Waals surface area (Å²) >= 11 is 0. The second-order valence-electron chi connectivity index (χ2n) is 5.06. The van der Waals surface area contributed by atoms with Gasteiger partial charge in [0.25, 0.3) is 0 Å². The summed E-state index contributed by atoms with van der Waals surface area (Å²) in [5.41, 5.74) is 4.42. The maximum Gasteiger partial charge on any atom is 0.164 e. The van der Waals surface area contributed by atoms with Gasteiger partial charge in [-0.25, -0.2) is 0 Å². The van der Waals surface area contributed by atoms with Gasteiger partial charge >= 0.3 is 0 Å². The molecule has 1 aliphatic rings. The minimum Gasteiger partial charge on any atom is -0.361 e. The number of para-hydroxylation sites is 1. The van der Waals surface area contributed by atoms with Gasteiger partial charge < -0.3 is 4.98 Å². The van der Waals surface area contributed by atoms with Crippen LogP contribution in [0.3, 0.4) is 0 Å². The van der Waals surface area contributed by atoms with Crippen molar-refractivity contribution >= 4 is 16.7 Å². The fraction of sp³-hybridized carbons (Fsp3) is 0.118. The second kappa shape index (κ2) is 3.82. The zero-order chi connectivity index (χ0) is 12.8. The van der Waals surface area contributed by atoms with Crippen LogP contribution in [0.2, 0.25) is 0 Å². The summed E-state index contributed by atoms with van der Waals surface area (Å²) in [6.07, 6.45) is 2.63. The van der Waals surface area contributed by atoms with Crippen LogP contribution in [0.1, 0.15) is 33.8 Å². The first-order valence-electron chi connectivity index (χ1n) is 6.53.